The molecule has 0 bridgehead atoms. The van der Waals surface area contributed by atoms with Crippen LogP contribution >= 0.6 is 0 Å². The Hall–Kier alpha value is -1.77. The summed E-state index contributed by atoms with van der Waals surface area (Å²) in [5.41, 5.74) is 0.773. The summed E-state index contributed by atoms with van der Waals surface area (Å²) in [5.74, 6) is 0.353. The van der Waals surface area contributed by atoms with E-state index < -0.39 is 0 Å². The number of fused-ring (bicyclic) bond motifs is 1. The Labute approximate surface area is 69.1 Å². The van der Waals surface area contributed by atoms with E-state index in [1.54, 1.807) is 6.07 Å². The van der Waals surface area contributed by atoms with Crippen molar-refractivity contribution in [2.24, 2.45) is 0 Å². The van der Waals surface area contributed by atoms with Crippen LogP contribution in [-0.4, -0.2) is 6.40 Å². The molecule has 0 spiro atoms. The lowest BCUT2D eigenvalue weighted by atomic mass is 10.3. The zero-order chi connectivity index (χ0) is 8.39. The molecule has 0 aliphatic carbocycles. The van der Waals surface area contributed by atoms with Crippen LogP contribution in [0.15, 0.2) is 34.7 Å². The Morgan fingerprint density at radius 1 is 1.33 bits per heavy atom. The highest BCUT2D eigenvalue weighted by molar-refractivity contribution is 5.78. The summed E-state index contributed by atoms with van der Waals surface area (Å²) in [6.45, 7) is 0. The lowest BCUT2D eigenvalue weighted by Gasteiger charge is -1.87. The maximum Gasteiger partial charge on any atom is 0.291 e. The molecule has 1 aromatic carbocycles. The fourth-order valence-corrected chi connectivity index (χ4v) is 1.07. The van der Waals surface area contributed by atoms with Gasteiger partial charge in [-0.05, 0) is 6.07 Å². The molecule has 1 heterocycles. The molecule has 0 atom stereocenters. The summed E-state index contributed by atoms with van der Waals surface area (Å²) < 4.78 is 10.0. The summed E-state index contributed by atoms with van der Waals surface area (Å²) in [6.07, 6.45) is 0.845. The number of hydrogen-bond acceptors (Lipinski definition) is 3. The first-order chi connectivity index (χ1) is 5.90. The molecular formula is C9H7NO2. The first kappa shape index (κ1) is 6.91. The van der Waals surface area contributed by atoms with E-state index in [9.17, 15) is 0 Å². The molecule has 0 radical (unpaired) electrons. The second-order valence-electron chi connectivity index (χ2n) is 2.34. The SMILES string of the molecule is N=COc1cc2ccccc2o1. The molecule has 0 aliphatic rings. The smallest absolute Gasteiger partial charge is 0.291 e. The highest BCUT2D eigenvalue weighted by Crippen LogP contribution is 2.23. The molecule has 3 heteroatoms. The first-order valence-corrected chi connectivity index (χ1v) is 3.54. The standard InChI is InChI=1S/C9H7NO2/c10-6-11-9-5-7-3-1-2-4-8(7)12-9/h1-6,10H. The number of ether oxygens (including phenoxy) is 1. The van der Waals surface area contributed by atoms with Crippen LogP contribution < -0.4 is 4.74 Å². The molecule has 3 nitrogen and oxygen atoms in total. The van der Waals surface area contributed by atoms with Gasteiger partial charge in [0.25, 0.3) is 5.95 Å². The Morgan fingerprint density at radius 3 is 2.92 bits per heavy atom. The summed E-state index contributed by atoms with van der Waals surface area (Å²) in [6, 6.07) is 9.34. The highest BCUT2D eigenvalue weighted by Gasteiger charge is 2.01. The number of para-hydroxylation sites is 1. The van der Waals surface area contributed by atoms with E-state index in [0.29, 0.717) is 5.95 Å². The van der Waals surface area contributed by atoms with Crippen molar-refractivity contribution in [2.45, 2.75) is 0 Å². The molecular weight excluding hydrogens is 154 g/mol. The van der Waals surface area contributed by atoms with Crippen molar-refractivity contribution in [3.63, 3.8) is 0 Å². The van der Waals surface area contributed by atoms with Crippen LogP contribution in [0.3, 0.4) is 0 Å². The quantitative estimate of drug-likeness (QED) is 0.543. The van der Waals surface area contributed by atoms with E-state index in [4.69, 9.17) is 14.6 Å². The Balaban J connectivity index is 2.54. The molecule has 1 N–H and O–H groups in total. The van der Waals surface area contributed by atoms with Gasteiger partial charge in [-0.25, -0.2) is 0 Å². The number of nitrogens with one attached hydrogen (secondary N) is 1. The van der Waals surface area contributed by atoms with Crippen molar-refractivity contribution in [1.82, 2.24) is 0 Å². The fraction of sp³-hybridized carbons (Fsp3) is 0. The third-order valence-corrected chi connectivity index (χ3v) is 1.58. The van der Waals surface area contributed by atoms with Gasteiger partial charge in [-0.2, -0.15) is 0 Å². The van der Waals surface area contributed by atoms with Gasteiger partial charge in [0.2, 0.25) is 0 Å². The van der Waals surface area contributed by atoms with Crippen LogP contribution in [-0.2, 0) is 0 Å². The van der Waals surface area contributed by atoms with Gasteiger partial charge in [-0.15, -0.1) is 0 Å². The predicted molar refractivity (Wildman–Crippen MR) is 45.6 cm³/mol. The molecule has 0 unspecified atom stereocenters. The average Bonchev–Trinajstić information content (AvgIpc) is 2.47. The average molecular weight is 161 g/mol. The number of benzene rings is 1. The Kier molecular flexibility index (Phi) is 1.55. The van der Waals surface area contributed by atoms with Gasteiger partial charge in [0.1, 0.15) is 5.58 Å². The van der Waals surface area contributed by atoms with Crippen molar-refractivity contribution in [3.05, 3.63) is 30.3 Å². The van der Waals surface area contributed by atoms with Crippen molar-refractivity contribution in [2.75, 3.05) is 0 Å². The lowest BCUT2D eigenvalue weighted by Crippen LogP contribution is -1.82. The Bertz CT molecular complexity index is 373. The minimum absolute atomic E-state index is 0.353. The lowest BCUT2D eigenvalue weighted by molar-refractivity contribution is 0.409. The maximum absolute atomic E-state index is 6.71. The molecule has 12 heavy (non-hydrogen) atoms. The van der Waals surface area contributed by atoms with Crippen molar-refractivity contribution in [1.29, 1.82) is 5.41 Å². The van der Waals surface area contributed by atoms with E-state index in [2.05, 4.69) is 0 Å². The van der Waals surface area contributed by atoms with Crippen LogP contribution in [0.1, 0.15) is 0 Å². The molecule has 60 valence electrons. The molecule has 0 amide bonds. The zero-order valence-electron chi connectivity index (χ0n) is 6.28. The zero-order valence-corrected chi connectivity index (χ0v) is 6.28. The van der Waals surface area contributed by atoms with E-state index in [1.165, 1.54) is 0 Å². The van der Waals surface area contributed by atoms with Gasteiger partial charge in [0, 0.05) is 11.5 Å². The van der Waals surface area contributed by atoms with Gasteiger partial charge in [0.05, 0.1) is 0 Å². The molecule has 0 fully saturated rings. The third kappa shape index (κ3) is 1.05. The van der Waals surface area contributed by atoms with Crippen LogP contribution in [0.5, 0.6) is 5.95 Å². The molecule has 2 rings (SSSR count). The fourth-order valence-electron chi connectivity index (χ4n) is 1.07. The number of rotatable bonds is 2. The van der Waals surface area contributed by atoms with Crippen LogP contribution in [0.4, 0.5) is 0 Å². The maximum atomic E-state index is 6.71. The summed E-state index contributed by atoms with van der Waals surface area (Å²) in [4.78, 5) is 0. The minimum atomic E-state index is 0.353. The molecule has 0 saturated heterocycles. The van der Waals surface area contributed by atoms with Crippen LogP contribution in [0.2, 0.25) is 0 Å². The number of hydrogen-bond donors (Lipinski definition) is 1. The molecule has 1 aromatic heterocycles. The highest BCUT2D eigenvalue weighted by atomic mass is 16.6. The number of furan rings is 1. The van der Waals surface area contributed by atoms with Crippen molar-refractivity contribution >= 4 is 17.4 Å². The second kappa shape index (κ2) is 2.70. The second-order valence-corrected chi connectivity index (χ2v) is 2.34. The van der Waals surface area contributed by atoms with E-state index in [-0.39, 0.29) is 0 Å². The van der Waals surface area contributed by atoms with Gasteiger partial charge in [-0.3, -0.25) is 5.41 Å². The first-order valence-electron chi connectivity index (χ1n) is 3.54. The summed E-state index contributed by atoms with van der Waals surface area (Å²) in [7, 11) is 0. The molecule has 2 aromatic rings. The largest absolute Gasteiger partial charge is 0.425 e. The predicted octanol–water partition coefficient (Wildman–Crippen LogP) is 2.42. The van der Waals surface area contributed by atoms with E-state index >= 15 is 0 Å². The molecule has 0 saturated carbocycles. The van der Waals surface area contributed by atoms with Crippen molar-refractivity contribution in [3.8, 4) is 5.95 Å². The third-order valence-electron chi connectivity index (χ3n) is 1.58. The summed E-state index contributed by atoms with van der Waals surface area (Å²) in [5, 5.41) is 7.69. The van der Waals surface area contributed by atoms with E-state index in [1.807, 2.05) is 24.3 Å². The topological polar surface area (TPSA) is 46.2 Å². The van der Waals surface area contributed by atoms with E-state index in [0.717, 1.165) is 17.4 Å². The normalized spacial score (nSPS) is 10.0. The van der Waals surface area contributed by atoms with Gasteiger partial charge in [-0.1, -0.05) is 18.2 Å². The van der Waals surface area contributed by atoms with Crippen LogP contribution in [0, 0.1) is 5.41 Å². The van der Waals surface area contributed by atoms with Gasteiger partial charge >= 0.3 is 0 Å². The van der Waals surface area contributed by atoms with Crippen LogP contribution in [0.25, 0.3) is 11.0 Å². The summed E-state index contributed by atoms with van der Waals surface area (Å²) >= 11 is 0. The monoisotopic (exact) mass is 161 g/mol. The van der Waals surface area contributed by atoms with Gasteiger partial charge < -0.3 is 9.15 Å². The molecule has 0 aliphatic heterocycles. The van der Waals surface area contributed by atoms with Crippen molar-refractivity contribution < 1.29 is 9.15 Å². The minimum Gasteiger partial charge on any atom is -0.425 e. The Morgan fingerprint density at radius 2 is 2.17 bits per heavy atom. The van der Waals surface area contributed by atoms with Gasteiger partial charge in [0.15, 0.2) is 6.40 Å².